The zero-order valence-corrected chi connectivity index (χ0v) is 17.3. The summed E-state index contributed by atoms with van der Waals surface area (Å²) in [6, 6.07) is 12.7. The Morgan fingerprint density at radius 3 is 2.35 bits per heavy atom. The predicted octanol–water partition coefficient (Wildman–Crippen LogP) is 2.69. The van der Waals surface area contributed by atoms with Gasteiger partial charge in [0.2, 0.25) is 9.84 Å². The van der Waals surface area contributed by atoms with E-state index < -0.39 is 9.84 Å². The third kappa shape index (κ3) is 3.44. The number of benzene rings is 1. The minimum Gasteiger partial charge on any atom is -0.384 e. The molecule has 2 N–H and O–H groups in total. The molecule has 0 aliphatic heterocycles. The Morgan fingerprint density at radius 2 is 1.74 bits per heavy atom. The second kappa shape index (κ2) is 7.69. The quantitative estimate of drug-likeness (QED) is 0.499. The van der Waals surface area contributed by atoms with Gasteiger partial charge in [-0.05, 0) is 35.9 Å². The number of anilines is 1. The number of nitrogens with two attached hydrogens (primary N) is 1. The third-order valence-electron chi connectivity index (χ3n) is 4.54. The first-order valence-electron chi connectivity index (χ1n) is 8.76. The highest BCUT2D eigenvalue weighted by Crippen LogP contribution is 2.35. The lowest BCUT2D eigenvalue weighted by atomic mass is 10.3. The molecule has 0 saturated carbocycles. The van der Waals surface area contributed by atoms with Gasteiger partial charge in [-0.25, -0.2) is 18.4 Å². The van der Waals surface area contributed by atoms with Gasteiger partial charge in [0.1, 0.15) is 28.4 Å². The minimum absolute atomic E-state index is 0.0475. The van der Waals surface area contributed by atoms with Gasteiger partial charge in [0.25, 0.3) is 0 Å². The van der Waals surface area contributed by atoms with E-state index in [9.17, 15) is 18.9 Å². The largest absolute Gasteiger partial charge is 0.384 e. The Bertz CT molecular complexity index is 1500. The summed E-state index contributed by atoms with van der Waals surface area (Å²) < 4.78 is 28.3. The molecule has 1 aromatic carbocycles. The van der Waals surface area contributed by atoms with E-state index in [1.807, 2.05) is 6.07 Å². The SMILES string of the molecule is N#Cc1nc2c(S(=O)(=O)c3ccc(Cl)cc3)c(N)n(Cc3cccnc3)c2nc1C#N. The molecule has 4 aromatic rings. The van der Waals surface area contributed by atoms with Crippen LogP contribution in [0.15, 0.2) is 58.6 Å². The molecule has 0 spiro atoms. The van der Waals surface area contributed by atoms with Crippen molar-refractivity contribution in [3.63, 3.8) is 0 Å². The van der Waals surface area contributed by atoms with E-state index in [-0.39, 0.29) is 44.7 Å². The number of rotatable bonds is 4. The average molecular weight is 450 g/mol. The van der Waals surface area contributed by atoms with Gasteiger partial charge in [0.15, 0.2) is 17.0 Å². The topological polar surface area (TPSA) is 151 Å². The Balaban J connectivity index is 2.05. The van der Waals surface area contributed by atoms with Gasteiger partial charge >= 0.3 is 0 Å². The number of pyridine rings is 1. The second-order valence-electron chi connectivity index (χ2n) is 6.44. The number of aromatic nitrogens is 4. The number of nitrogens with zero attached hydrogens (tertiary/aromatic N) is 6. The summed E-state index contributed by atoms with van der Waals surface area (Å²) in [5.41, 5.74) is 6.49. The van der Waals surface area contributed by atoms with Crippen molar-refractivity contribution in [2.24, 2.45) is 0 Å². The van der Waals surface area contributed by atoms with Crippen LogP contribution in [0.25, 0.3) is 11.2 Å². The second-order valence-corrected chi connectivity index (χ2v) is 8.76. The van der Waals surface area contributed by atoms with E-state index in [1.165, 1.54) is 28.8 Å². The number of nitrogen functional groups attached to an aromatic ring is 1. The summed E-state index contributed by atoms with van der Waals surface area (Å²) in [6.07, 6.45) is 3.20. The number of hydrogen-bond acceptors (Lipinski definition) is 8. The Labute approximate surface area is 181 Å². The van der Waals surface area contributed by atoms with Crippen LogP contribution in [0.2, 0.25) is 5.02 Å². The molecule has 9 nitrogen and oxygen atoms in total. The van der Waals surface area contributed by atoms with Crippen LogP contribution in [-0.2, 0) is 16.4 Å². The standard InChI is InChI=1S/C20H12ClN7O2S/c21-13-3-5-14(6-4-13)31(29,30)18-17-20(27-16(9-23)15(8-22)26-17)28(19(18)24)11-12-2-1-7-25-10-12/h1-7,10H,11,24H2. The third-order valence-corrected chi connectivity index (χ3v) is 6.62. The maximum atomic E-state index is 13.4. The number of halogens is 1. The molecule has 11 heteroatoms. The highest BCUT2D eigenvalue weighted by Gasteiger charge is 2.31. The fraction of sp³-hybridized carbons (Fsp3) is 0.0500. The van der Waals surface area contributed by atoms with Gasteiger partial charge in [-0.15, -0.1) is 0 Å². The number of nitriles is 2. The van der Waals surface area contributed by atoms with E-state index in [0.717, 1.165) is 5.56 Å². The predicted molar refractivity (Wildman–Crippen MR) is 112 cm³/mol. The number of fused-ring (bicyclic) bond motifs is 1. The summed E-state index contributed by atoms with van der Waals surface area (Å²) in [6.45, 7) is 0.137. The van der Waals surface area contributed by atoms with E-state index in [2.05, 4.69) is 15.0 Å². The van der Waals surface area contributed by atoms with Gasteiger partial charge in [0.05, 0.1) is 11.4 Å². The van der Waals surface area contributed by atoms with Crippen LogP contribution in [0.3, 0.4) is 0 Å². The molecule has 0 saturated heterocycles. The zero-order chi connectivity index (χ0) is 22.2. The molecule has 0 amide bonds. The van der Waals surface area contributed by atoms with Crippen LogP contribution in [-0.4, -0.2) is 27.9 Å². The first-order valence-corrected chi connectivity index (χ1v) is 10.6. The van der Waals surface area contributed by atoms with Gasteiger partial charge in [-0.1, -0.05) is 17.7 Å². The minimum atomic E-state index is -4.14. The Morgan fingerprint density at radius 1 is 1.06 bits per heavy atom. The lowest BCUT2D eigenvalue weighted by Crippen LogP contribution is -2.09. The van der Waals surface area contributed by atoms with Gasteiger partial charge in [0, 0.05) is 17.4 Å². The summed E-state index contributed by atoms with van der Waals surface area (Å²) in [5, 5.41) is 19.1. The van der Waals surface area contributed by atoms with Crippen LogP contribution in [0, 0.1) is 22.7 Å². The van der Waals surface area contributed by atoms with Crippen molar-refractivity contribution in [3.8, 4) is 12.1 Å². The molecule has 0 unspecified atom stereocenters. The molecule has 0 aliphatic carbocycles. The first-order chi connectivity index (χ1) is 14.9. The number of sulfone groups is 1. The molecule has 0 fully saturated rings. The van der Waals surface area contributed by atoms with Crippen LogP contribution in [0.1, 0.15) is 17.0 Å². The molecule has 0 bridgehead atoms. The van der Waals surface area contributed by atoms with E-state index in [1.54, 1.807) is 30.6 Å². The van der Waals surface area contributed by atoms with Crippen molar-refractivity contribution in [2.75, 3.05) is 5.73 Å². The molecule has 31 heavy (non-hydrogen) atoms. The molecule has 0 atom stereocenters. The maximum Gasteiger partial charge on any atom is 0.212 e. The molecule has 3 heterocycles. The van der Waals surface area contributed by atoms with E-state index in [0.29, 0.717) is 5.02 Å². The van der Waals surface area contributed by atoms with Crippen molar-refractivity contribution >= 4 is 38.4 Å². The smallest absolute Gasteiger partial charge is 0.212 e. The highest BCUT2D eigenvalue weighted by atomic mass is 35.5. The highest BCUT2D eigenvalue weighted by molar-refractivity contribution is 7.92. The fourth-order valence-electron chi connectivity index (χ4n) is 3.11. The van der Waals surface area contributed by atoms with Crippen molar-refractivity contribution < 1.29 is 8.42 Å². The van der Waals surface area contributed by atoms with Crippen molar-refractivity contribution in [3.05, 3.63) is 70.8 Å². The normalized spacial score (nSPS) is 11.2. The summed E-state index contributed by atoms with van der Waals surface area (Å²) in [4.78, 5) is 12.0. The first kappa shape index (κ1) is 20.3. The molecular formula is C20H12ClN7O2S. The molecule has 3 aromatic heterocycles. The lowest BCUT2D eigenvalue weighted by molar-refractivity contribution is 0.597. The Hall–Kier alpha value is -3.99. The Kier molecular flexibility index (Phi) is 5.03. The molecular weight excluding hydrogens is 438 g/mol. The van der Waals surface area contributed by atoms with Crippen LogP contribution < -0.4 is 5.73 Å². The lowest BCUT2D eigenvalue weighted by Gasteiger charge is -2.08. The van der Waals surface area contributed by atoms with Crippen LogP contribution >= 0.6 is 11.6 Å². The molecule has 0 radical (unpaired) electrons. The van der Waals surface area contributed by atoms with Crippen molar-refractivity contribution in [1.29, 1.82) is 10.5 Å². The van der Waals surface area contributed by atoms with Gasteiger partial charge in [-0.2, -0.15) is 10.5 Å². The summed E-state index contributed by atoms with van der Waals surface area (Å²) in [7, 11) is -4.14. The molecule has 4 rings (SSSR count). The van der Waals surface area contributed by atoms with Crippen molar-refractivity contribution in [1.82, 2.24) is 19.5 Å². The summed E-state index contributed by atoms with van der Waals surface area (Å²) in [5.74, 6) is -0.118. The van der Waals surface area contributed by atoms with Crippen molar-refractivity contribution in [2.45, 2.75) is 16.3 Å². The molecule has 152 valence electrons. The van der Waals surface area contributed by atoms with Gasteiger partial charge in [-0.3, -0.25) is 4.98 Å². The zero-order valence-electron chi connectivity index (χ0n) is 15.7. The van der Waals surface area contributed by atoms with Gasteiger partial charge < -0.3 is 10.3 Å². The average Bonchev–Trinajstić information content (AvgIpc) is 3.04. The summed E-state index contributed by atoms with van der Waals surface area (Å²) >= 11 is 5.88. The number of hydrogen-bond donors (Lipinski definition) is 1. The van der Waals surface area contributed by atoms with Crippen LogP contribution in [0.4, 0.5) is 5.82 Å². The van der Waals surface area contributed by atoms with Crippen LogP contribution in [0.5, 0.6) is 0 Å². The maximum absolute atomic E-state index is 13.4. The molecule has 0 aliphatic rings. The van der Waals surface area contributed by atoms with E-state index in [4.69, 9.17) is 17.3 Å². The van der Waals surface area contributed by atoms with E-state index >= 15 is 0 Å². The monoisotopic (exact) mass is 449 g/mol. The fourth-order valence-corrected chi connectivity index (χ4v) is 4.74.